The van der Waals surface area contributed by atoms with Crippen LogP contribution in [0.3, 0.4) is 0 Å². The molecule has 0 saturated heterocycles. The highest BCUT2D eigenvalue weighted by Crippen LogP contribution is 2.41. The van der Waals surface area contributed by atoms with Crippen LogP contribution in [-0.4, -0.2) is 20.9 Å². The monoisotopic (exact) mass is 236 g/mol. The molecule has 1 aromatic heterocycles. The molecule has 5 nitrogen and oxygen atoms in total. The number of nitrogens with zero attached hydrogens (tertiary/aromatic N) is 3. The van der Waals surface area contributed by atoms with Gasteiger partial charge in [0.1, 0.15) is 0 Å². The highest BCUT2D eigenvalue weighted by Gasteiger charge is 2.31. The second-order valence-electron chi connectivity index (χ2n) is 5.24. The van der Waals surface area contributed by atoms with Crippen LogP contribution in [0.1, 0.15) is 50.4 Å². The molecule has 0 bridgehead atoms. The fraction of sp³-hybridized carbons (Fsp3) is 0.750. The van der Waals surface area contributed by atoms with Gasteiger partial charge in [-0.1, -0.05) is 19.1 Å². The Kier molecular flexibility index (Phi) is 3.45. The summed E-state index contributed by atoms with van der Waals surface area (Å²) in [6.07, 6.45) is 3.66. The largest absolute Gasteiger partial charge is 0.369 e. The van der Waals surface area contributed by atoms with E-state index in [1.807, 2.05) is 4.68 Å². The van der Waals surface area contributed by atoms with Gasteiger partial charge >= 0.3 is 0 Å². The minimum Gasteiger partial charge on any atom is -0.369 e. The van der Waals surface area contributed by atoms with Crippen molar-refractivity contribution in [2.75, 3.05) is 0 Å². The van der Waals surface area contributed by atoms with Crippen molar-refractivity contribution in [3.63, 3.8) is 0 Å². The fourth-order valence-corrected chi connectivity index (χ4v) is 2.00. The van der Waals surface area contributed by atoms with E-state index in [9.17, 15) is 4.79 Å². The van der Waals surface area contributed by atoms with Crippen LogP contribution < -0.4 is 5.73 Å². The summed E-state index contributed by atoms with van der Waals surface area (Å²) in [6.45, 7) is 5.27. The fourth-order valence-electron chi connectivity index (χ4n) is 2.00. The molecule has 1 aromatic rings. The number of hydrogen-bond acceptors (Lipinski definition) is 3. The lowest BCUT2D eigenvalue weighted by Gasteiger charge is -2.08. The van der Waals surface area contributed by atoms with E-state index in [0.29, 0.717) is 11.8 Å². The van der Waals surface area contributed by atoms with Crippen LogP contribution in [0.2, 0.25) is 0 Å². The van der Waals surface area contributed by atoms with Crippen molar-refractivity contribution in [2.45, 2.75) is 52.0 Å². The topological polar surface area (TPSA) is 73.8 Å². The second-order valence-corrected chi connectivity index (χ2v) is 5.24. The lowest BCUT2D eigenvalue weighted by atomic mass is 10.1. The predicted octanol–water partition coefficient (Wildman–Crippen LogP) is 1.23. The molecular weight excluding hydrogens is 216 g/mol. The van der Waals surface area contributed by atoms with Crippen molar-refractivity contribution in [1.82, 2.24) is 15.0 Å². The molecule has 0 aromatic carbocycles. The Morgan fingerprint density at radius 2 is 2.24 bits per heavy atom. The Hall–Kier alpha value is -1.39. The van der Waals surface area contributed by atoms with E-state index in [2.05, 4.69) is 24.2 Å². The smallest absolute Gasteiger partial charge is 0.223 e. The SMILES string of the molecule is CC(C)CCn1nnc(CC(N)=O)c1C1CC1. The van der Waals surface area contributed by atoms with Gasteiger partial charge in [0.2, 0.25) is 5.91 Å². The van der Waals surface area contributed by atoms with E-state index >= 15 is 0 Å². The minimum absolute atomic E-state index is 0.216. The summed E-state index contributed by atoms with van der Waals surface area (Å²) in [6, 6.07) is 0. The highest BCUT2D eigenvalue weighted by atomic mass is 16.1. The molecule has 2 N–H and O–H groups in total. The van der Waals surface area contributed by atoms with Crippen molar-refractivity contribution < 1.29 is 4.79 Å². The number of rotatable bonds is 6. The third kappa shape index (κ3) is 3.05. The number of nitrogens with two attached hydrogens (primary N) is 1. The number of carbonyl (C=O) groups excluding carboxylic acids is 1. The summed E-state index contributed by atoms with van der Waals surface area (Å²) in [5.74, 6) is 0.861. The van der Waals surface area contributed by atoms with Crippen LogP contribution in [0.15, 0.2) is 0 Å². The maximum absolute atomic E-state index is 11.0. The zero-order valence-corrected chi connectivity index (χ0v) is 10.5. The molecule has 0 atom stereocenters. The van der Waals surface area contributed by atoms with Crippen LogP contribution in [0.5, 0.6) is 0 Å². The number of hydrogen-bond donors (Lipinski definition) is 1. The van der Waals surface area contributed by atoms with Crippen molar-refractivity contribution in [3.8, 4) is 0 Å². The van der Waals surface area contributed by atoms with Gasteiger partial charge in [-0.15, -0.1) is 5.10 Å². The molecular formula is C12H20N4O. The number of carbonyl (C=O) groups is 1. The molecule has 1 heterocycles. The Labute approximate surface area is 101 Å². The summed E-state index contributed by atoms with van der Waals surface area (Å²) in [7, 11) is 0. The average molecular weight is 236 g/mol. The molecule has 0 spiro atoms. The van der Waals surface area contributed by atoms with Crippen molar-refractivity contribution >= 4 is 5.91 Å². The maximum atomic E-state index is 11.0. The number of amides is 1. The summed E-state index contributed by atoms with van der Waals surface area (Å²) >= 11 is 0. The van der Waals surface area contributed by atoms with E-state index in [-0.39, 0.29) is 12.3 Å². The third-order valence-electron chi connectivity index (χ3n) is 3.07. The molecule has 1 saturated carbocycles. The van der Waals surface area contributed by atoms with E-state index in [1.165, 1.54) is 12.8 Å². The van der Waals surface area contributed by atoms with Gasteiger partial charge in [-0.2, -0.15) is 0 Å². The van der Waals surface area contributed by atoms with Crippen LogP contribution >= 0.6 is 0 Å². The van der Waals surface area contributed by atoms with Gasteiger partial charge in [0.05, 0.1) is 17.8 Å². The first kappa shape index (κ1) is 12.1. The van der Waals surface area contributed by atoms with Gasteiger partial charge in [0.15, 0.2) is 0 Å². The van der Waals surface area contributed by atoms with Crippen LogP contribution in [0.25, 0.3) is 0 Å². The summed E-state index contributed by atoms with van der Waals surface area (Å²) in [5, 5.41) is 8.27. The van der Waals surface area contributed by atoms with Gasteiger partial charge in [0.25, 0.3) is 0 Å². The Morgan fingerprint density at radius 1 is 1.53 bits per heavy atom. The number of primary amides is 1. The van der Waals surface area contributed by atoms with Gasteiger partial charge in [-0.3, -0.25) is 4.79 Å². The number of aromatic nitrogens is 3. The first-order valence-electron chi connectivity index (χ1n) is 6.28. The molecule has 1 aliphatic carbocycles. The van der Waals surface area contributed by atoms with Gasteiger partial charge in [-0.25, -0.2) is 4.68 Å². The Morgan fingerprint density at radius 3 is 2.76 bits per heavy atom. The molecule has 94 valence electrons. The first-order chi connectivity index (χ1) is 8.08. The summed E-state index contributed by atoms with van der Waals surface area (Å²) in [4.78, 5) is 11.0. The van der Waals surface area contributed by atoms with Crippen molar-refractivity contribution in [3.05, 3.63) is 11.4 Å². The lowest BCUT2D eigenvalue weighted by molar-refractivity contribution is -0.117. The normalized spacial score (nSPS) is 15.5. The van der Waals surface area contributed by atoms with E-state index in [1.54, 1.807) is 0 Å². The third-order valence-corrected chi connectivity index (χ3v) is 3.07. The maximum Gasteiger partial charge on any atom is 0.223 e. The first-order valence-corrected chi connectivity index (χ1v) is 6.28. The quantitative estimate of drug-likeness (QED) is 0.807. The molecule has 0 aliphatic heterocycles. The highest BCUT2D eigenvalue weighted by molar-refractivity contribution is 5.76. The Bertz CT molecular complexity index is 407. The number of aryl methyl sites for hydroxylation is 1. The molecule has 0 radical (unpaired) electrons. The van der Waals surface area contributed by atoms with Gasteiger partial charge in [0, 0.05) is 12.5 Å². The minimum atomic E-state index is -0.331. The van der Waals surface area contributed by atoms with Crippen LogP contribution in [0.4, 0.5) is 0 Å². The molecule has 1 aliphatic rings. The van der Waals surface area contributed by atoms with E-state index in [0.717, 1.165) is 24.4 Å². The van der Waals surface area contributed by atoms with Crippen molar-refractivity contribution in [2.24, 2.45) is 11.7 Å². The van der Waals surface area contributed by atoms with E-state index in [4.69, 9.17) is 5.73 Å². The average Bonchev–Trinajstić information content (AvgIpc) is 2.98. The molecule has 1 fully saturated rings. The van der Waals surface area contributed by atoms with Crippen molar-refractivity contribution in [1.29, 1.82) is 0 Å². The second kappa shape index (κ2) is 4.85. The van der Waals surface area contributed by atoms with Gasteiger partial charge < -0.3 is 5.73 Å². The van der Waals surface area contributed by atoms with Crippen LogP contribution in [0, 0.1) is 5.92 Å². The summed E-state index contributed by atoms with van der Waals surface area (Å²) < 4.78 is 1.97. The van der Waals surface area contributed by atoms with E-state index < -0.39 is 0 Å². The predicted molar refractivity (Wildman–Crippen MR) is 64.4 cm³/mol. The molecule has 2 rings (SSSR count). The van der Waals surface area contributed by atoms with Crippen LogP contribution in [-0.2, 0) is 17.8 Å². The lowest BCUT2D eigenvalue weighted by Crippen LogP contribution is -2.15. The van der Waals surface area contributed by atoms with Gasteiger partial charge in [-0.05, 0) is 25.2 Å². The summed E-state index contributed by atoms with van der Waals surface area (Å²) in [5.41, 5.74) is 7.15. The Balaban J connectivity index is 2.14. The molecule has 17 heavy (non-hydrogen) atoms. The molecule has 1 amide bonds. The zero-order chi connectivity index (χ0) is 12.4. The standard InChI is InChI=1S/C12H20N4O/c1-8(2)5-6-16-12(9-3-4-9)10(14-15-16)7-11(13)17/h8-9H,3-7H2,1-2H3,(H2,13,17). The molecule has 0 unspecified atom stereocenters. The molecule has 5 heteroatoms. The zero-order valence-electron chi connectivity index (χ0n) is 10.5.